The molecule has 0 aliphatic heterocycles. The summed E-state index contributed by atoms with van der Waals surface area (Å²) in [6.45, 7) is 3.65. The summed E-state index contributed by atoms with van der Waals surface area (Å²) < 4.78 is 0. The van der Waals surface area contributed by atoms with Gasteiger partial charge in [-0.05, 0) is 19.4 Å². The lowest BCUT2D eigenvalue weighted by Crippen LogP contribution is -2.12. The Bertz CT molecular complexity index is 312. The van der Waals surface area contributed by atoms with Gasteiger partial charge in [0.2, 0.25) is 0 Å². The third-order valence-corrected chi connectivity index (χ3v) is 1.89. The number of carboxylic acid groups (broad SMARTS) is 1. The highest BCUT2D eigenvalue weighted by Gasteiger charge is 2.18. The van der Waals surface area contributed by atoms with Gasteiger partial charge in [-0.1, -0.05) is 6.92 Å². The van der Waals surface area contributed by atoms with Gasteiger partial charge in [0.1, 0.15) is 6.33 Å². The molecule has 0 bridgehead atoms. The van der Waals surface area contributed by atoms with Crippen LogP contribution in [0.2, 0.25) is 0 Å². The Kier molecular flexibility index (Phi) is 2.95. The number of aryl methyl sites for hydroxylation is 1. The summed E-state index contributed by atoms with van der Waals surface area (Å²) in [7, 11) is 0. The molecule has 1 aromatic heterocycles. The maximum absolute atomic E-state index is 10.8. The largest absolute Gasteiger partial charge is 0.481 e. The van der Waals surface area contributed by atoms with Crippen LogP contribution in [0.3, 0.4) is 0 Å². The van der Waals surface area contributed by atoms with Crippen LogP contribution in [0.4, 0.5) is 0 Å². The van der Waals surface area contributed by atoms with Gasteiger partial charge in [-0.15, -0.1) is 0 Å². The number of aliphatic carboxylic acids is 1. The first kappa shape index (κ1) is 9.64. The van der Waals surface area contributed by atoms with Crippen LogP contribution in [0.25, 0.3) is 0 Å². The molecule has 13 heavy (non-hydrogen) atoms. The van der Waals surface area contributed by atoms with Crippen LogP contribution in [0, 0.1) is 6.92 Å². The number of hydrogen-bond acceptors (Lipinski definition) is 3. The van der Waals surface area contributed by atoms with Gasteiger partial charge in [0.15, 0.2) is 0 Å². The SMILES string of the molecule is CCC(C(=O)O)c1cc(C)ncn1. The predicted molar refractivity (Wildman–Crippen MR) is 47.4 cm³/mol. The van der Waals surface area contributed by atoms with Crippen LogP contribution in [-0.2, 0) is 4.79 Å². The molecule has 1 unspecified atom stereocenters. The molecule has 0 radical (unpaired) electrons. The maximum Gasteiger partial charge on any atom is 0.312 e. The van der Waals surface area contributed by atoms with E-state index in [1.54, 1.807) is 6.07 Å². The van der Waals surface area contributed by atoms with E-state index < -0.39 is 11.9 Å². The number of carboxylic acids is 1. The molecule has 4 nitrogen and oxygen atoms in total. The molecule has 1 N–H and O–H groups in total. The molecule has 70 valence electrons. The molecule has 0 amide bonds. The van der Waals surface area contributed by atoms with Gasteiger partial charge in [-0.2, -0.15) is 0 Å². The van der Waals surface area contributed by atoms with Gasteiger partial charge in [0, 0.05) is 5.69 Å². The van der Waals surface area contributed by atoms with Crippen LogP contribution >= 0.6 is 0 Å². The van der Waals surface area contributed by atoms with Crippen molar-refractivity contribution in [2.75, 3.05) is 0 Å². The molecule has 1 atom stereocenters. The molecule has 1 aromatic rings. The van der Waals surface area contributed by atoms with Gasteiger partial charge in [0.25, 0.3) is 0 Å². The molecule has 0 spiro atoms. The van der Waals surface area contributed by atoms with Crippen LogP contribution in [-0.4, -0.2) is 21.0 Å². The van der Waals surface area contributed by atoms with E-state index in [1.807, 2.05) is 13.8 Å². The van der Waals surface area contributed by atoms with E-state index in [0.717, 1.165) is 5.69 Å². The first-order valence-corrected chi connectivity index (χ1v) is 4.16. The first-order valence-electron chi connectivity index (χ1n) is 4.16. The van der Waals surface area contributed by atoms with Crippen molar-refractivity contribution in [1.82, 2.24) is 9.97 Å². The zero-order valence-electron chi connectivity index (χ0n) is 7.69. The van der Waals surface area contributed by atoms with Crippen molar-refractivity contribution < 1.29 is 9.90 Å². The summed E-state index contributed by atoms with van der Waals surface area (Å²) in [5.41, 5.74) is 1.38. The second kappa shape index (κ2) is 3.98. The normalized spacial score (nSPS) is 12.5. The number of aromatic nitrogens is 2. The lowest BCUT2D eigenvalue weighted by atomic mass is 10.0. The van der Waals surface area contributed by atoms with E-state index in [2.05, 4.69) is 9.97 Å². The minimum absolute atomic E-state index is 0.512. The van der Waals surface area contributed by atoms with Gasteiger partial charge >= 0.3 is 5.97 Å². The van der Waals surface area contributed by atoms with Crippen LogP contribution < -0.4 is 0 Å². The van der Waals surface area contributed by atoms with Crippen LogP contribution in [0.15, 0.2) is 12.4 Å². The fourth-order valence-electron chi connectivity index (χ4n) is 1.18. The molecule has 1 heterocycles. The van der Waals surface area contributed by atoms with Crippen molar-refractivity contribution in [1.29, 1.82) is 0 Å². The monoisotopic (exact) mass is 180 g/mol. The topological polar surface area (TPSA) is 63.1 Å². The molecule has 0 fully saturated rings. The highest BCUT2D eigenvalue weighted by molar-refractivity contribution is 5.75. The second-order valence-electron chi connectivity index (χ2n) is 2.88. The van der Waals surface area contributed by atoms with Gasteiger partial charge < -0.3 is 5.11 Å². The Balaban J connectivity index is 2.98. The van der Waals surface area contributed by atoms with E-state index in [-0.39, 0.29) is 0 Å². The Morgan fingerprint density at radius 3 is 2.77 bits per heavy atom. The third-order valence-electron chi connectivity index (χ3n) is 1.89. The third kappa shape index (κ3) is 2.24. The fourth-order valence-corrected chi connectivity index (χ4v) is 1.18. The fraction of sp³-hybridized carbons (Fsp3) is 0.444. The molecular weight excluding hydrogens is 168 g/mol. The van der Waals surface area contributed by atoms with Crippen molar-refractivity contribution in [2.45, 2.75) is 26.2 Å². The maximum atomic E-state index is 10.8. The Morgan fingerprint density at radius 2 is 2.31 bits per heavy atom. The summed E-state index contributed by atoms with van der Waals surface area (Å²) in [6.07, 6.45) is 1.95. The number of nitrogens with zero attached hydrogens (tertiary/aromatic N) is 2. The lowest BCUT2D eigenvalue weighted by molar-refractivity contribution is -0.138. The highest BCUT2D eigenvalue weighted by atomic mass is 16.4. The number of hydrogen-bond donors (Lipinski definition) is 1. The Labute approximate surface area is 76.7 Å². The van der Waals surface area contributed by atoms with Gasteiger partial charge in [0.05, 0.1) is 11.6 Å². The molecule has 0 aromatic carbocycles. The Morgan fingerprint density at radius 1 is 1.62 bits per heavy atom. The van der Waals surface area contributed by atoms with E-state index >= 15 is 0 Å². The van der Waals surface area contributed by atoms with Crippen LogP contribution in [0.1, 0.15) is 30.7 Å². The van der Waals surface area contributed by atoms with Gasteiger partial charge in [-0.3, -0.25) is 4.79 Å². The summed E-state index contributed by atoms with van der Waals surface area (Å²) in [4.78, 5) is 18.6. The van der Waals surface area contributed by atoms with Crippen molar-refractivity contribution in [2.24, 2.45) is 0 Å². The average Bonchev–Trinajstić information content (AvgIpc) is 2.04. The summed E-state index contributed by atoms with van der Waals surface area (Å²) in [6, 6.07) is 1.71. The quantitative estimate of drug-likeness (QED) is 0.762. The number of carbonyl (C=O) groups is 1. The smallest absolute Gasteiger partial charge is 0.312 e. The minimum Gasteiger partial charge on any atom is -0.481 e. The molecule has 0 aliphatic rings. The lowest BCUT2D eigenvalue weighted by Gasteiger charge is -2.08. The predicted octanol–water partition coefficient (Wildman–Crippen LogP) is 1.36. The van der Waals surface area contributed by atoms with E-state index in [0.29, 0.717) is 12.1 Å². The van der Waals surface area contributed by atoms with Crippen molar-refractivity contribution in [3.05, 3.63) is 23.8 Å². The summed E-state index contributed by atoms with van der Waals surface area (Å²) in [5.74, 6) is -1.35. The molecule has 4 heteroatoms. The molecule has 0 saturated carbocycles. The Hall–Kier alpha value is -1.45. The van der Waals surface area contributed by atoms with Crippen molar-refractivity contribution in [3.8, 4) is 0 Å². The standard InChI is InChI=1S/C9H12N2O2/c1-3-7(9(12)13)8-4-6(2)10-5-11-8/h4-5,7H,3H2,1-2H3,(H,12,13). The van der Waals surface area contributed by atoms with E-state index in [4.69, 9.17) is 5.11 Å². The molecule has 0 aliphatic carbocycles. The average molecular weight is 180 g/mol. The summed E-state index contributed by atoms with van der Waals surface area (Å²) in [5, 5.41) is 8.86. The minimum atomic E-state index is -0.833. The highest BCUT2D eigenvalue weighted by Crippen LogP contribution is 2.16. The molecular formula is C9H12N2O2. The summed E-state index contributed by atoms with van der Waals surface area (Å²) >= 11 is 0. The molecule has 0 saturated heterocycles. The van der Waals surface area contributed by atoms with Crippen molar-refractivity contribution >= 4 is 5.97 Å². The van der Waals surface area contributed by atoms with Crippen molar-refractivity contribution in [3.63, 3.8) is 0 Å². The zero-order valence-corrected chi connectivity index (χ0v) is 7.69. The second-order valence-corrected chi connectivity index (χ2v) is 2.88. The number of rotatable bonds is 3. The zero-order chi connectivity index (χ0) is 9.84. The first-order chi connectivity index (χ1) is 6.15. The van der Waals surface area contributed by atoms with Crippen LogP contribution in [0.5, 0.6) is 0 Å². The van der Waals surface area contributed by atoms with Gasteiger partial charge in [-0.25, -0.2) is 9.97 Å². The van der Waals surface area contributed by atoms with E-state index in [9.17, 15) is 4.79 Å². The van der Waals surface area contributed by atoms with E-state index in [1.165, 1.54) is 6.33 Å². The molecule has 1 rings (SSSR count).